The molecule has 1 atom stereocenters. The van der Waals surface area contributed by atoms with Crippen LogP contribution in [0.4, 0.5) is 0 Å². The van der Waals surface area contributed by atoms with Crippen molar-refractivity contribution in [2.45, 2.75) is 19.3 Å². The largest absolute Gasteiger partial charge is 0.469 e. The number of nitrogens with zero attached hydrogens (tertiary/aromatic N) is 2. The summed E-state index contributed by atoms with van der Waals surface area (Å²) >= 11 is 0. The first-order chi connectivity index (χ1) is 8.04. The van der Waals surface area contributed by atoms with Crippen LogP contribution in [0.3, 0.4) is 0 Å². The van der Waals surface area contributed by atoms with Crippen LogP contribution in [0.25, 0.3) is 0 Å². The zero-order chi connectivity index (χ0) is 12.8. The Kier molecular flexibility index (Phi) is 5.41. The maximum atomic E-state index is 11.4. The van der Waals surface area contributed by atoms with E-state index in [-0.39, 0.29) is 17.8 Å². The highest BCUT2D eigenvalue weighted by Gasteiger charge is 2.28. The van der Waals surface area contributed by atoms with Crippen molar-refractivity contribution in [3.05, 3.63) is 0 Å². The first-order valence-electron chi connectivity index (χ1n) is 6.05. The van der Waals surface area contributed by atoms with Crippen molar-refractivity contribution >= 4 is 11.9 Å². The molecule has 5 nitrogen and oxygen atoms in total. The second-order valence-electron chi connectivity index (χ2n) is 4.70. The minimum atomic E-state index is -0.114. The lowest BCUT2D eigenvalue weighted by Crippen LogP contribution is -2.27. The zero-order valence-corrected chi connectivity index (χ0v) is 10.9. The van der Waals surface area contributed by atoms with E-state index in [1.54, 1.807) is 19.0 Å². The standard InChI is InChI=1S/C12H22N2O3/c1-13(2)11(15)5-4-7-14-8-6-10(9-14)12(16)17-3/h10H,4-9H2,1-3H3. The molecule has 0 bridgehead atoms. The second-order valence-corrected chi connectivity index (χ2v) is 4.70. The van der Waals surface area contributed by atoms with Crippen LogP contribution < -0.4 is 0 Å². The van der Waals surface area contributed by atoms with Crippen LogP contribution in [-0.2, 0) is 14.3 Å². The van der Waals surface area contributed by atoms with Gasteiger partial charge in [-0.2, -0.15) is 0 Å². The summed E-state index contributed by atoms with van der Waals surface area (Å²) in [6, 6.07) is 0. The van der Waals surface area contributed by atoms with Gasteiger partial charge in [-0.15, -0.1) is 0 Å². The Hall–Kier alpha value is -1.10. The number of hydrogen-bond donors (Lipinski definition) is 0. The molecule has 1 aliphatic rings. The number of rotatable bonds is 5. The molecule has 1 fully saturated rings. The Labute approximate surface area is 103 Å². The van der Waals surface area contributed by atoms with E-state index in [9.17, 15) is 9.59 Å². The van der Waals surface area contributed by atoms with Crippen LogP contribution >= 0.6 is 0 Å². The molecule has 98 valence electrons. The molecule has 1 heterocycles. The number of likely N-dealkylation sites (tertiary alicyclic amines) is 1. The van der Waals surface area contributed by atoms with Crippen molar-refractivity contribution in [1.82, 2.24) is 9.80 Å². The van der Waals surface area contributed by atoms with Gasteiger partial charge in [0.25, 0.3) is 0 Å². The summed E-state index contributed by atoms with van der Waals surface area (Å²) < 4.78 is 4.73. The predicted octanol–water partition coefficient (Wildman–Crippen LogP) is 0.350. The highest BCUT2D eigenvalue weighted by molar-refractivity contribution is 5.75. The molecule has 1 saturated heterocycles. The summed E-state index contributed by atoms with van der Waals surface area (Å²) in [5.41, 5.74) is 0. The minimum absolute atomic E-state index is 0.0181. The third kappa shape index (κ3) is 4.34. The molecule has 1 amide bonds. The van der Waals surface area contributed by atoms with Crippen molar-refractivity contribution in [3.63, 3.8) is 0 Å². The van der Waals surface area contributed by atoms with Gasteiger partial charge in [-0.1, -0.05) is 0 Å². The van der Waals surface area contributed by atoms with E-state index >= 15 is 0 Å². The van der Waals surface area contributed by atoms with Crippen molar-refractivity contribution < 1.29 is 14.3 Å². The topological polar surface area (TPSA) is 49.9 Å². The van der Waals surface area contributed by atoms with Crippen molar-refractivity contribution in [3.8, 4) is 0 Å². The highest BCUT2D eigenvalue weighted by Crippen LogP contribution is 2.17. The quantitative estimate of drug-likeness (QED) is 0.653. The molecule has 1 rings (SSSR count). The molecule has 5 heteroatoms. The molecule has 17 heavy (non-hydrogen) atoms. The van der Waals surface area contributed by atoms with Crippen molar-refractivity contribution in [2.75, 3.05) is 40.8 Å². The summed E-state index contributed by atoms with van der Waals surface area (Å²) in [6.45, 7) is 2.58. The SMILES string of the molecule is COC(=O)C1CCN(CCCC(=O)N(C)C)C1. The Bertz CT molecular complexity index is 279. The van der Waals surface area contributed by atoms with E-state index in [1.165, 1.54) is 7.11 Å². The monoisotopic (exact) mass is 242 g/mol. The first-order valence-corrected chi connectivity index (χ1v) is 6.05. The fourth-order valence-corrected chi connectivity index (χ4v) is 2.07. The Morgan fingerprint density at radius 2 is 2.12 bits per heavy atom. The van der Waals surface area contributed by atoms with Crippen LogP contribution in [0.5, 0.6) is 0 Å². The van der Waals surface area contributed by atoms with Gasteiger partial charge < -0.3 is 14.5 Å². The van der Waals surface area contributed by atoms with E-state index in [1.807, 2.05) is 0 Å². The Morgan fingerprint density at radius 1 is 1.41 bits per heavy atom. The molecule has 0 radical (unpaired) electrons. The van der Waals surface area contributed by atoms with Crippen LogP contribution in [-0.4, -0.2) is 62.5 Å². The molecule has 0 aromatic rings. The molecule has 0 N–H and O–H groups in total. The van der Waals surface area contributed by atoms with Gasteiger partial charge in [0.15, 0.2) is 0 Å². The number of carbonyl (C=O) groups excluding carboxylic acids is 2. The molecule has 1 unspecified atom stereocenters. The zero-order valence-electron chi connectivity index (χ0n) is 10.9. The molecular formula is C12H22N2O3. The number of amides is 1. The number of esters is 1. The number of carbonyl (C=O) groups is 2. The summed E-state index contributed by atoms with van der Waals surface area (Å²) in [6.07, 6.45) is 2.30. The lowest BCUT2D eigenvalue weighted by atomic mass is 10.1. The van der Waals surface area contributed by atoms with Crippen LogP contribution in [0.2, 0.25) is 0 Å². The number of hydrogen-bond acceptors (Lipinski definition) is 4. The lowest BCUT2D eigenvalue weighted by molar-refractivity contribution is -0.145. The van der Waals surface area contributed by atoms with Gasteiger partial charge in [0.05, 0.1) is 13.0 Å². The van der Waals surface area contributed by atoms with Crippen LogP contribution in [0.15, 0.2) is 0 Å². The summed E-state index contributed by atoms with van der Waals surface area (Å²) in [7, 11) is 4.97. The van der Waals surface area contributed by atoms with E-state index in [0.717, 1.165) is 32.5 Å². The van der Waals surface area contributed by atoms with Gasteiger partial charge in [0.1, 0.15) is 0 Å². The van der Waals surface area contributed by atoms with Gasteiger partial charge in [-0.05, 0) is 25.9 Å². The summed E-state index contributed by atoms with van der Waals surface area (Å²) in [5.74, 6) is 0.0649. The average molecular weight is 242 g/mol. The highest BCUT2D eigenvalue weighted by atomic mass is 16.5. The maximum absolute atomic E-state index is 11.4. The summed E-state index contributed by atoms with van der Waals surface area (Å²) in [4.78, 5) is 26.5. The minimum Gasteiger partial charge on any atom is -0.469 e. The molecule has 0 aromatic carbocycles. The average Bonchev–Trinajstić information content (AvgIpc) is 2.76. The fraction of sp³-hybridized carbons (Fsp3) is 0.833. The molecular weight excluding hydrogens is 220 g/mol. The van der Waals surface area contributed by atoms with Gasteiger partial charge in [-0.25, -0.2) is 0 Å². The molecule has 0 aromatic heterocycles. The van der Waals surface area contributed by atoms with Crippen molar-refractivity contribution in [1.29, 1.82) is 0 Å². The van der Waals surface area contributed by atoms with Gasteiger partial charge in [0.2, 0.25) is 5.91 Å². The van der Waals surface area contributed by atoms with E-state index in [2.05, 4.69) is 4.90 Å². The van der Waals surface area contributed by atoms with Crippen LogP contribution in [0, 0.1) is 5.92 Å². The van der Waals surface area contributed by atoms with Gasteiger partial charge in [0, 0.05) is 27.1 Å². The molecule has 0 aliphatic carbocycles. The molecule has 0 saturated carbocycles. The normalized spacial score (nSPS) is 20.3. The third-order valence-corrected chi connectivity index (χ3v) is 3.17. The van der Waals surface area contributed by atoms with Crippen molar-refractivity contribution in [2.24, 2.45) is 5.92 Å². The second kappa shape index (κ2) is 6.59. The molecule has 0 spiro atoms. The Balaban J connectivity index is 2.18. The smallest absolute Gasteiger partial charge is 0.310 e. The van der Waals surface area contributed by atoms with Gasteiger partial charge in [-0.3, -0.25) is 9.59 Å². The number of methoxy groups -OCH3 is 1. The van der Waals surface area contributed by atoms with E-state index in [4.69, 9.17) is 4.74 Å². The number of ether oxygens (including phenoxy) is 1. The van der Waals surface area contributed by atoms with E-state index in [0.29, 0.717) is 6.42 Å². The lowest BCUT2D eigenvalue weighted by Gasteiger charge is -2.16. The molecule has 1 aliphatic heterocycles. The Morgan fingerprint density at radius 3 is 2.71 bits per heavy atom. The van der Waals surface area contributed by atoms with Gasteiger partial charge >= 0.3 is 5.97 Å². The fourth-order valence-electron chi connectivity index (χ4n) is 2.07. The maximum Gasteiger partial charge on any atom is 0.310 e. The van der Waals surface area contributed by atoms with E-state index < -0.39 is 0 Å². The summed E-state index contributed by atoms with van der Waals surface area (Å²) in [5, 5.41) is 0. The van der Waals surface area contributed by atoms with Crippen LogP contribution in [0.1, 0.15) is 19.3 Å². The first kappa shape index (κ1) is 14.0. The third-order valence-electron chi connectivity index (χ3n) is 3.17. The predicted molar refractivity (Wildman–Crippen MR) is 64.5 cm³/mol.